The van der Waals surface area contributed by atoms with Crippen LogP contribution < -0.4 is 11.3 Å². The van der Waals surface area contributed by atoms with E-state index in [9.17, 15) is 0 Å². The van der Waals surface area contributed by atoms with Crippen molar-refractivity contribution in [3.8, 4) is 0 Å². The molecule has 0 aliphatic carbocycles. The smallest absolute Gasteiger partial charge is 0.0750 e. The van der Waals surface area contributed by atoms with Gasteiger partial charge in [-0.05, 0) is 18.1 Å². The summed E-state index contributed by atoms with van der Waals surface area (Å²) >= 11 is 0. The molecule has 1 aliphatic heterocycles. The zero-order valence-electron chi connectivity index (χ0n) is 10.2. The van der Waals surface area contributed by atoms with Crippen molar-refractivity contribution >= 4 is 10.9 Å². The van der Waals surface area contributed by atoms with E-state index in [2.05, 4.69) is 34.7 Å². The van der Waals surface area contributed by atoms with Crippen LogP contribution in [0.5, 0.6) is 0 Å². The van der Waals surface area contributed by atoms with E-state index in [4.69, 9.17) is 10.6 Å². The normalized spacial score (nSPS) is 21.3. The molecule has 2 aromatic rings. The highest BCUT2D eigenvalue weighted by atomic mass is 16.5. The van der Waals surface area contributed by atoms with Gasteiger partial charge in [0.1, 0.15) is 0 Å². The van der Waals surface area contributed by atoms with E-state index in [0.717, 1.165) is 36.1 Å². The van der Waals surface area contributed by atoms with Gasteiger partial charge in [0, 0.05) is 24.1 Å². The van der Waals surface area contributed by atoms with Gasteiger partial charge in [0.25, 0.3) is 0 Å². The van der Waals surface area contributed by atoms with Crippen LogP contribution in [0, 0.1) is 5.92 Å². The fraction of sp³-hybridized carbons (Fsp3) is 0.357. The molecule has 0 radical (unpaired) electrons. The molecule has 1 saturated heterocycles. The molecule has 3 N–H and O–H groups in total. The van der Waals surface area contributed by atoms with Crippen LogP contribution in [0.4, 0.5) is 0 Å². The third kappa shape index (κ3) is 1.99. The summed E-state index contributed by atoms with van der Waals surface area (Å²) in [6.45, 7) is 1.58. The number of para-hydroxylation sites is 1. The maximum Gasteiger partial charge on any atom is 0.0750 e. The van der Waals surface area contributed by atoms with Crippen molar-refractivity contribution < 1.29 is 4.74 Å². The maximum atomic E-state index is 5.74. The average molecular weight is 243 g/mol. The first-order valence-corrected chi connectivity index (χ1v) is 6.27. The van der Waals surface area contributed by atoms with Crippen LogP contribution in [0.25, 0.3) is 10.9 Å². The molecule has 3 rings (SSSR count). The molecule has 4 heteroatoms. The first-order chi connectivity index (χ1) is 8.90. The number of hydrazine groups is 1. The lowest BCUT2D eigenvalue weighted by atomic mass is 9.91. The van der Waals surface area contributed by atoms with Gasteiger partial charge in [-0.1, -0.05) is 24.3 Å². The number of hydrogen-bond donors (Lipinski definition) is 2. The number of fused-ring (bicyclic) bond motifs is 1. The molecule has 0 spiro atoms. The van der Waals surface area contributed by atoms with E-state index in [1.165, 1.54) is 0 Å². The summed E-state index contributed by atoms with van der Waals surface area (Å²) < 4.78 is 5.46. The van der Waals surface area contributed by atoms with Gasteiger partial charge < -0.3 is 4.74 Å². The van der Waals surface area contributed by atoms with Gasteiger partial charge in [-0.15, -0.1) is 0 Å². The molecule has 2 unspecified atom stereocenters. The summed E-state index contributed by atoms with van der Waals surface area (Å²) in [6, 6.07) is 10.4. The molecule has 1 fully saturated rings. The molecule has 4 nitrogen and oxygen atoms in total. The second kappa shape index (κ2) is 5.02. The van der Waals surface area contributed by atoms with E-state index < -0.39 is 0 Å². The summed E-state index contributed by atoms with van der Waals surface area (Å²) in [4.78, 5) is 4.49. The van der Waals surface area contributed by atoms with Crippen LogP contribution in [0.1, 0.15) is 18.0 Å². The summed E-state index contributed by atoms with van der Waals surface area (Å²) in [5.41, 5.74) is 5.11. The van der Waals surface area contributed by atoms with E-state index in [1.54, 1.807) is 0 Å². The van der Waals surface area contributed by atoms with Crippen LogP contribution in [-0.4, -0.2) is 18.2 Å². The predicted molar refractivity (Wildman–Crippen MR) is 70.7 cm³/mol. The average Bonchev–Trinajstić information content (AvgIpc) is 2.94. The Bertz CT molecular complexity index is 532. The molecule has 1 aliphatic rings. The third-order valence-electron chi connectivity index (χ3n) is 3.61. The fourth-order valence-electron chi connectivity index (χ4n) is 2.67. The summed E-state index contributed by atoms with van der Waals surface area (Å²) in [7, 11) is 0. The number of nitrogens with one attached hydrogen (secondary N) is 1. The van der Waals surface area contributed by atoms with Gasteiger partial charge in [-0.3, -0.25) is 16.3 Å². The molecule has 0 amide bonds. The van der Waals surface area contributed by atoms with Crippen molar-refractivity contribution in [2.75, 3.05) is 13.2 Å². The van der Waals surface area contributed by atoms with Crippen molar-refractivity contribution in [2.24, 2.45) is 11.8 Å². The monoisotopic (exact) mass is 243 g/mol. The Morgan fingerprint density at radius 3 is 3.00 bits per heavy atom. The lowest BCUT2D eigenvalue weighted by molar-refractivity contribution is 0.177. The van der Waals surface area contributed by atoms with Gasteiger partial charge in [0.05, 0.1) is 18.2 Å². The highest BCUT2D eigenvalue weighted by molar-refractivity contribution is 5.82. The maximum absolute atomic E-state index is 5.74. The number of nitrogens with zero attached hydrogens (tertiary/aromatic N) is 1. The lowest BCUT2D eigenvalue weighted by Gasteiger charge is -2.22. The highest BCUT2D eigenvalue weighted by Crippen LogP contribution is 2.31. The SMILES string of the molecule is NNC(c1cccc2cccnc12)C1CCOC1. The van der Waals surface area contributed by atoms with Gasteiger partial charge in [0.15, 0.2) is 0 Å². The Balaban J connectivity index is 2.06. The summed E-state index contributed by atoms with van der Waals surface area (Å²) in [6.07, 6.45) is 2.86. The van der Waals surface area contributed by atoms with Crippen LogP contribution in [0.3, 0.4) is 0 Å². The molecule has 2 atom stereocenters. The Morgan fingerprint density at radius 2 is 2.22 bits per heavy atom. The molecular formula is C14H17N3O. The second-order valence-corrected chi connectivity index (χ2v) is 4.69. The number of aromatic nitrogens is 1. The molecule has 1 aromatic carbocycles. The van der Waals surface area contributed by atoms with Crippen molar-refractivity contribution in [1.82, 2.24) is 10.4 Å². The summed E-state index contributed by atoms with van der Waals surface area (Å²) in [5, 5.41) is 1.15. The topological polar surface area (TPSA) is 60.2 Å². The minimum Gasteiger partial charge on any atom is -0.381 e. The lowest BCUT2D eigenvalue weighted by Crippen LogP contribution is -2.34. The number of rotatable bonds is 3. The third-order valence-corrected chi connectivity index (χ3v) is 3.61. The number of benzene rings is 1. The molecule has 18 heavy (non-hydrogen) atoms. The van der Waals surface area contributed by atoms with E-state index in [0.29, 0.717) is 5.92 Å². The predicted octanol–water partition coefficient (Wildman–Crippen LogP) is 1.78. The molecular weight excluding hydrogens is 226 g/mol. The molecule has 1 aromatic heterocycles. The Kier molecular flexibility index (Phi) is 3.23. The number of nitrogens with two attached hydrogens (primary N) is 1. The first-order valence-electron chi connectivity index (χ1n) is 6.27. The number of hydrogen-bond acceptors (Lipinski definition) is 4. The van der Waals surface area contributed by atoms with Gasteiger partial charge in [0.2, 0.25) is 0 Å². The van der Waals surface area contributed by atoms with Crippen molar-refractivity contribution in [1.29, 1.82) is 0 Å². The van der Waals surface area contributed by atoms with Crippen LogP contribution >= 0.6 is 0 Å². The molecule has 0 bridgehead atoms. The molecule has 2 heterocycles. The minimum absolute atomic E-state index is 0.103. The standard InChI is InChI=1S/C14H17N3O/c15-17-14(11-6-8-18-9-11)12-5-1-3-10-4-2-7-16-13(10)12/h1-5,7,11,14,17H,6,8-9,15H2. The number of pyridine rings is 1. The van der Waals surface area contributed by atoms with Crippen molar-refractivity contribution in [2.45, 2.75) is 12.5 Å². The van der Waals surface area contributed by atoms with E-state index in [-0.39, 0.29) is 6.04 Å². The first kappa shape index (κ1) is 11.6. The molecule has 0 saturated carbocycles. The van der Waals surface area contributed by atoms with Crippen LogP contribution in [0.2, 0.25) is 0 Å². The Hall–Kier alpha value is -1.49. The summed E-state index contributed by atoms with van der Waals surface area (Å²) in [5.74, 6) is 6.16. The van der Waals surface area contributed by atoms with Crippen molar-refractivity contribution in [3.63, 3.8) is 0 Å². The van der Waals surface area contributed by atoms with Gasteiger partial charge >= 0.3 is 0 Å². The van der Waals surface area contributed by atoms with E-state index in [1.807, 2.05) is 12.3 Å². The van der Waals surface area contributed by atoms with Crippen LogP contribution in [-0.2, 0) is 4.74 Å². The van der Waals surface area contributed by atoms with Gasteiger partial charge in [-0.2, -0.15) is 0 Å². The highest BCUT2D eigenvalue weighted by Gasteiger charge is 2.27. The Morgan fingerprint density at radius 1 is 1.33 bits per heavy atom. The van der Waals surface area contributed by atoms with E-state index >= 15 is 0 Å². The fourth-order valence-corrected chi connectivity index (χ4v) is 2.67. The van der Waals surface area contributed by atoms with Gasteiger partial charge in [-0.25, -0.2) is 0 Å². The Labute approximate surface area is 106 Å². The zero-order valence-corrected chi connectivity index (χ0v) is 10.2. The van der Waals surface area contributed by atoms with Crippen LogP contribution in [0.15, 0.2) is 36.5 Å². The zero-order chi connectivity index (χ0) is 12.4. The van der Waals surface area contributed by atoms with Crippen molar-refractivity contribution in [3.05, 3.63) is 42.1 Å². The molecule has 94 valence electrons. The second-order valence-electron chi connectivity index (χ2n) is 4.69. The quantitative estimate of drug-likeness (QED) is 0.637. The number of ether oxygens (including phenoxy) is 1. The minimum atomic E-state index is 0.103. The largest absolute Gasteiger partial charge is 0.381 e.